The van der Waals surface area contributed by atoms with E-state index in [2.05, 4.69) is 42.1 Å². The van der Waals surface area contributed by atoms with Crippen molar-refractivity contribution in [1.82, 2.24) is 19.8 Å². The van der Waals surface area contributed by atoms with E-state index in [1.54, 1.807) is 12.4 Å². The summed E-state index contributed by atoms with van der Waals surface area (Å²) >= 11 is 0. The van der Waals surface area contributed by atoms with E-state index >= 15 is 0 Å². The first-order chi connectivity index (χ1) is 14.3. The van der Waals surface area contributed by atoms with Crippen LogP contribution in [-0.4, -0.2) is 71.5 Å². The van der Waals surface area contributed by atoms with Crippen LogP contribution in [0.1, 0.15) is 24.8 Å². The van der Waals surface area contributed by atoms with Crippen LogP contribution in [0.3, 0.4) is 0 Å². The van der Waals surface area contributed by atoms with Gasteiger partial charge in [0.1, 0.15) is 0 Å². The Bertz CT molecular complexity index is 785. The number of piperazine rings is 1. The molecule has 0 atom stereocenters. The van der Waals surface area contributed by atoms with Gasteiger partial charge in [0.15, 0.2) is 0 Å². The Labute approximate surface area is 172 Å². The van der Waals surface area contributed by atoms with Crippen molar-refractivity contribution in [2.24, 2.45) is 0 Å². The number of anilines is 2. The lowest BCUT2D eigenvalue weighted by atomic mass is 10.1. The highest BCUT2D eigenvalue weighted by atomic mass is 16.2. The van der Waals surface area contributed by atoms with Crippen LogP contribution in [-0.2, 0) is 11.3 Å². The summed E-state index contributed by atoms with van der Waals surface area (Å²) in [5, 5.41) is 3.14. The van der Waals surface area contributed by atoms with Gasteiger partial charge in [0, 0.05) is 50.8 Å². The average Bonchev–Trinajstić information content (AvgIpc) is 2.77. The predicted molar refractivity (Wildman–Crippen MR) is 115 cm³/mol. The van der Waals surface area contributed by atoms with Gasteiger partial charge in [-0.1, -0.05) is 24.6 Å². The molecule has 1 aromatic heterocycles. The molecule has 0 aliphatic carbocycles. The molecule has 2 saturated heterocycles. The number of hydrogen-bond acceptors (Lipinski definition) is 6. The summed E-state index contributed by atoms with van der Waals surface area (Å²) < 4.78 is 0. The van der Waals surface area contributed by atoms with E-state index in [4.69, 9.17) is 0 Å². The summed E-state index contributed by atoms with van der Waals surface area (Å²) in [7, 11) is 0. The van der Waals surface area contributed by atoms with Gasteiger partial charge in [0.2, 0.25) is 11.9 Å². The first-order valence-electron chi connectivity index (χ1n) is 10.6. The molecule has 1 amide bonds. The fourth-order valence-corrected chi connectivity index (χ4v) is 4.09. The highest BCUT2D eigenvalue weighted by Gasteiger charge is 2.21. The lowest BCUT2D eigenvalue weighted by Crippen LogP contribution is -2.49. The number of benzene rings is 1. The van der Waals surface area contributed by atoms with Crippen molar-refractivity contribution < 1.29 is 4.79 Å². The summed E-state index contributed by atoms with van der Waals surface area (Å²) in [4.78, 5) is 28.2. The molecule has 2 aromatic rings. The Morgan fingerprint density at radius 1 is 0.862 bits per heavy atom. The van der Waals surface area contributed by atoms with Gasteiger partial charge in [0.05, 0.1) is 6.54 Å². The topological polar surface area (TPSA) is 64.6 Å². The molecular formula is C22H30N6O. The number of amides is 1. The lowest BCUT2D eigenvalue weighted by Gasteiger charge is -2.34. The van der Waals surface area contributed by atoms with Crippen molar-refractivity contribution in [3.8, 4) is 0 Å². The fraction of sp³-hybridized carbons (Fsp3) is 0.500. The maximum atomic E-state index is 12.7. The molecule has 2 fully saturated rings. The summed E-state index contributed by atoms with van der Waals surface area (Å²) in [5.74, 6) is 0.823. The van der Waals surface area contributed by atoms with Gasteiger partial charge in [-0.25, -0.2) is 9.97 Å². The minimum atomic E-state index is 0.0560. The zero-order valence-electron chi connectivity index (χ0n) is 17.0. The fourth-order valence-electron chi connectivity index (χ4n) is 4.09. The monoisotopic (exact) mass is 394 g/mol. The van der Waals surface area contributed by atoms with E-state index < -0.39 is 0 Å². The predicted octanol–water partition coefficient (Wildman–Crippen LogP) is 2.22. The summed E-state index contributed by atoms with van der Waals surface area (Å²) in [6.45, 7) is 6.97. The molecule has 0 unspecified atom stereocenters. The van der Waals surface area contributed by atoms with Crippen molar-refractivity contribution in [3.63, 3.8) is 0 Å². The van der Waals surface area contributed by atoms with Crippen LogP contribution in [0.5, 0.6) is 0 Å². The zero-order chi connectivity index (χ0) is 19.9. The highest BCUT2D eigenvalue weighted by molar-refractivity contribution is 5.93. The number of hydrogen-bond donors (Lipinski definition) is 1. The van der Waals surface area contributed by atoms with Gasteiger partial charge in [-0.2, -0.15) is 0 Å². The van der Waals surface area contributed by atoms with Gasteiger partial charge in [-0.05, 0) is 43.6 Å². The maximum Gasteiger partial charge on any atom is 0.238 e. The van der Waals surface area contributed by atoms with Gasteiger partial charge in [-0.3, -0.25) is 14.6 Å². The van der Waals surface area contributed by atoms with E-state index in [1.807, 2.05) is 18.2 Å². The molecule has 154 valence electrons. The van der Waals surface area contributed by atoms with Crippen molar-refractivity contribution >= 4 is 17.5 Å². The highest BCUT2D eigenvalue weighted by Crippen LogP contribution is 2.20. The van der Waals surface area contributed by atoms with Gasteiger partial charge in [0.25, 0.3) is 0 Å². The molecule has 3 heterocycles. The van der Waals surface area contributed by atoms with Crippen molar-refractivity contribution in [2.75, 3.05) is 56.0 Å². The summed E-state index contributed by atoms with van der Waals surface area (Å²) in [5.41, 5.74) is 2.15. The van der Waals surface area contributed by atoms with Crippen molar-refractivity contribution in [1.29, 1.82) is 0 Å². The third kappa shape index (κ3) is 5.52. The van der Waals surface area contributed by atoms with E-state index in [-0.39, 0.29) is 5.91 Å². The van der Waals surface area contributed by atoms with E-state index in [1.165, 1.54) is 24.8 Å². The third-order valence-corrected chi connectivity index (χ3v) is 5.71. The quantitative estimate of drug-likeness (QED) is 0.811. The van der Waals surface area contributed by atoms with Crippen molar-refractivity contribution in [2.45, 2.75) is 25.8 Å². The first-order valence-corrected chi connectivity index (χ1v) is 10.6. The summed E-state index contributed by atoms with van der Waals surface area (Å²) in [6, 6.07) is 10.0. The van der Waals surface area contributed by atoms with Crippen LogP contribution < -0.4 is 10.2 Å². The molecule has 7 nitrogen and oxygen atoms in total. The molecule has 29 heavy (non-hydrogen) atoms. The van der Waals surface area contributed by atoms with E-state index in [9.17, 15) is 4.79 Å². The van der Waals surface area contributed by atoms with Gasteiger partial charge < -0.3 is 10.2 Å². The molecule has 0 spiro atoms. The number of rotatable bonds is 6. The van der Waals surface area contributed by atoms with Crippen LogP contribution >= 0.6 is 0 Å². The second-order valence-corrected chi connectivity index (χ2v) is 7.85. The van der Waals surface area contributed by atoms with Crippen LogP contribution in [0.15, 0.2) is 42.7 Å². The molecule has 2 aliphatic heterocycles. The number of nitrogens with zero attached hydrogens (tertiary/aromatic N) is 5. The molecule has 1 N–H and O–H groups in total. The number of nitrogens with one attached hydrogen (secondary N) is 1. The van der Waals surface area contributed by atoms with Crippen molar-refractivity contribution in [3.05, 3.63) is 48.3 Å². The Hall–Kier alpha value is -2.51. The third-order valence-electron chi connectivity index (χ3n) is 5.71. The zero-order valence-corrected chi connectivity index (χ0v) is 17.0. The molecule has 0 radical (unpaired) electrons. The number of aromatic nitrogens is 2. The number of likely N-dealkylation sites (tertiary alicyclic amines) is 1. The normalized spacial score (nSPS) is 18.6. The Morgan fingerprint density at radius 2 is 1.59 bits per heavy atom. The average molecular weight is 395 g/mol. The number of piperidine rings is 1. The van der Waals surface area contributed by atoms with Crippen LogP contribution in [0.25, 0.3) is 0 Å². The molecule has 7 heteroatoms. The standard InChI is InChI=1S/C22H30N6O/c29-21(18-27-13-15-28(16-14-27)22-23-9-6-10-24-22)25-20-8-3-2-7-19(20)17-26-11-4-1-5-12-26/h2-3,6-10H,1,4-5,11-18H2,(H,25,29). The molecule has 0 saturated carbocycles. The lowest BCUT2D eigenvalue weighted by molar-refractivity contribution is -0.117. The minimum Gasteiger partial charge on any atom is -0.338 e. The second kappa shape index (κ2) is 9.80. The number of carbonyl (C=O) groups is 1. The van der Waals surface area contributed by atoms with Crippen LogP contribution in [0.4, 0.5) is 11.6 Å². The van der Waals surface area contributed by atoms with Gasteiger partial charge >= 0.3 is 0 Å². The Balaban J connectivity index is 1.28. The Morgan fingerprint density at radius 3 is 2.34 bits per heavy atom. The molecule has 0 bridgehead atoms. The van der Waals surface area contributed by atoms with Gasteiger partial charge in [-0.15, -0.1) is 0 Å². The second-order valence-electron chi connectivity index (χ2n) is 7.85. The molecule has 4 rings (SSSR count). The van der Waals surface area contributed by atoms with E-state index in [0.717, 1.165) is 57.4 Å². The van der Waals surface area contributed by atoms with Crippen LogP contribution in [0.2, 0.25) is 0 Å². The molecular weight excluding hydrogens is 364 g/mol. The number of para-hydroxylation sites is 1. The Kier molecular flexibility index (Phi) is 6.69. The summed E-state index contributed by atoms with van der Waals surface area (Å²) in [6.07, 6.45) is 7.41. The van der Waals surface area contributed by atoms with Crippen LogP contribution in [0, 0.1) is 0 Å². The minimum absolute atomic E-state index is 0.0560. The maximum absolute atomic E-state index is 12.7. The largest absolute Gasteiger partial charge is 0.338 e. The van der Waals surface area contributed by atoms with E-state index in [0.29, 0.717) is 6.54 Å². The molecule has 1 aromatic carbocycles. The smallest absolute Gasteiger partial charge is 0.238 e. The first kappa shape index (κ1) is 19.8. The SMILES string of the molecule is O=C(CN1CCN(c2ncccn2)CC1)Nc1ccccc1CN1CCCCC1. The molecule has 2 aliphatic rings. The number of carbonyl (C=O) groups excluding carboxylic acids is 1.